The number of nitrogens with one attached hydrogen (secondary N) is 4. The third-order valence-electron chi connectivity index (χ3n) is 5.41. The maximum Gasteiger partial charge on any atom is 0.256 e. The summed E-state index contributed by atoms with van der Waals surface area (Å²) >= 11 is 0. The standard InChI is InChI=1S/C24H27F2N7O/c1-4-28-22(34)17-13-29-23(30-16-6-5-14-9-10-27-12-15(14)11-16)33-20(17)32-21-18(25)7-8-19(31-21)24(2,3)26/h5-8,11,13,27H,4,9-10,12H2,1-3H3,(H,28,34)(H2,29,30,31,32,33). The summed E-state index contributed by atoms with van der Waals surface area (Å²) in [7, 11) is 0. The fraction of sp³-hybridized carbons (Fsp3) is 0.333. The van der Waals surface area contributed by atoms with Crippen molar-refractivity contribution in [2.24, 2.45) is 0 Å². The highest BCUT2D eigenvalue weighted by molar-refractivity contribution is 5.99. The second-order valence-corrected chi connectivity index (χ2v) is 8.47. The molecule has 0 aliphatic carbocycles. The lowest BCUT2D eigenvalue weighted by Crippen LogP contribution is -2.24. The van der Waals surface area contributed by atoms with Gasteiger partial charge in [-0.1, -0.05) is 6.07 Å². The molecule has 1 aliphatic rings. The van der Waals surface area contributed by atoms with Crippen LogP contribution in [-0.4, -0.2) is 33.9 Å². The molecule has 0 spiro atoms. The monoisotopic (exact) mass is 467 g/mol. The SMILES string of the molecule is CCNC(=O)c1cnc(Nc2ccc3c(c2)CNCC3)nc1Nc1nc(C(C)(C)F)ccc1F. The number of rotatable bonds is 7. The lowest BCUT2D eigenvalue weighted by atomic mass is 10.0. The summed E-state index contributed by atoms with van der Waals surface area (Å²) in [5, 5.41) is 11.9. The van der Waals surface area contributed by atoms with Gasteiger partial charge < -0.3 is 21.3 Å². The van der Waals surface area contributed by atoms with Crippen molar-refractivity contribution in [3.8, 4) is 0 Å². The van der Waals surface area contributed by atoms with E-state index in [0.717, 1.165) is 31.3 Å². The Kier molecular flexibility index (Phi) is 6.69. The molecule has 10 heteroatoms. The molecule has 0 radical (unpaired) electrons. The van der Waals surface area contributed by atoms with Crippen LogP contribution in [0.25, 0.3) is 0 Å². The molecule has 4 rings (SSSR count). The molecule has 0 saturated carbocycles. The number of halogens is 2. The Morgan fingerprint density at radius 1 is 1.12 bits per heavy atom. The lowest BCUT2D eigenvalue weighted by Gasteiger charge is -2.18. The second-order valence-electron chi connectivity index (χ2n) is 8.47. The number of aromatic nitrogens is 3. The van der Waals surface area contributed by atoms with Gasteiger partial charge in [0, 0.05) is 25.0 Å². The molecule has 0 fully saturated rings. The van der Waals surface area contributed by atoms with Crippen LogP contribution in [-0.2, 0) is 18.6 Å². The summed E-state index contributed by atoms with van der Waals surface area (Å²) in [6.45, 7) is 6.56. The number of fused-ring (bicyclic) bond motifs is 1. The molecular weight excluding hydrogens is 440 g/mol. The van der Waals surface area contributed by atoms with Crippen LogP contribution >= 0.6 is 0 Å². The van der Waals surface area contributed by atoms with E-state index in [-0.39, 0.29) is 28.8 Å². The molecule has 0 atom stereocenters. The zero-order valence-electron chi connectivity index (χ0n) is 19.3. The summed E-state index contributed by atoms with van der Waals surface area (Å²) in [5.74, 6) is -1.12. The van der Waals surface area contributed by atoms with Gasteiger partial charge in [-0.25, -0.2) is 18.7 Å². The Morgan fingerprint density at radius 3 is 2.71 bits per heavy atom. The Labute approximate surface area is 196 Å². The van der Waals surface area contributed by atoms with Crippen molar-refractivity contribution in [3.05, 3.63) is 64.7 Å². The number of anilines is 4. The predicted octanol–water partition coefficient (Wildman–Crippen LogP) is 4.10. The van der Waals surface area contributed by atoms with Crippen LogP contribution in [0.15, 0.2) is 36.5 Å². The van der Waals surface area contributed by atoms with Crippen LogP contribution in [0.4, 0.5) is 32.1 Å². The summed E-state index contributed by atoms with van der Waals surface area (Å²) < 4.78 is 28.9. The lowest BCUT2D eigenvalue weighted by molar-refractivity contribution is 0.0956. The van der Waals surface area contributed by atoms with Gasteiger partial charge in [0.25, 0.3) is 5.91 Å². The number of pyridine rings is 1. The number of alkyl halides is 1. The van der Waals surface area contributed by atoms with Crippen LogP contribution < -0.4 is 21.3 Å². The number of hydrogen-bond acceptors (Lipinski definition) is 7. The van der Waals surface area contributed by atoms with Crippen molar-refractivity contribution in [1.29, 1.82) is 0 Å². The quantitative estimate of drug-likeness (QED) is 0.415. The van der Waals surface area contributed by atoms with Crippen molar-refractivity contribution in [1.82, 2.24) is 25.6 Å². The van der Waals surface area contributed by atoms with Crippen molar-refractivity contribution in [2.45, 2.75) is 39.4 Å². The first kappa shape index (κ1) is 23.5. The molecule has 178 valence electrons. The highest BCUT2D eigenvalue weighted by atomic mass is 19.1. The van der Waals surface area contributed by atoms with E-state index in [2.05, 4.69) is 42.3 Å². The van der Waals surface area contributed by atoms with Crippen molar-refractivity contribution in [2.75, 3.05) is 23.7 Å². The maximum atomic E-state index is 14.5. The predicted molar refractivity (Wildman–Crippen MR) is 127 cm³/mol. The first-order valence-corrected chi connectivity index (χ1v) is 11.1. The van der Waals surface area contributed by atoms with E-state index in [4.69, 9.17) is 0 Å². The Balaban J connectivity index is 1.67. The zero-order valence-corrected chi connectivity index (χ0v) is 19.3. The molecule has 3 heterocycles. The van der Waals surface area contributed by atoms with Crippen molar-refractivity contribution in [3.63, 3.8) is 0 Å². The molecule has 0 unspecified atom stereocenters. The number of benzene rings is 1. The molecule has 3 aromatic rings. The van der Waals surface area contributed by atoms with E-state index in [9.17, 15) is 13.6 Å². The highest BCUT2D eigenvalue weighted by Crippen LogP contribution is 2.28. The smallest absolute Gasteiger partial charge is 0.256 e. The van der Waals surface area contributed by atoms with Crippen LogP contribution in [0.2, 0.25) is 0 Å². The molecule has 1 amide bonds. The fourth-order valence-corrected chi connectivity index (χ4v) is 3.62. The van der Waals surface area contributed by atoms with Crippen molar-refractivity contribution < 1.29 is 13.6 Å². The number of nitrogens with zero attached hydrogens (tertiary/aromatic N) is 3. The minimum atomic E-state index is -1.77. The van der Waals surface area contributed by atoms with E-state index in [1.165, 1.54) is 37.2 Å². The fourth-order valence-electron chi connectivity index (χ4n) is 3.62. The first-order valence-electron chi connectivity index (χ1n) is 11.1. The van der Waals surface area contributed by atoms with Gasteiger partial charge >= 0.3 is 0 Å². The largest absolute Gasteiger partial charge is 0.352 e. The number of carbonyl (C=O) groups is 1. The van der Waals surface area contributed by atoms with Gasteiger partial charge in [-0.05, 0) is 69.1 Å². The normalized spacial score (nSPS) is 13.2. The van der Waals surface area contributed by atoms with Gasteiger partial charge in [0.1, 0.15) is 17.1 Å². The average Bonchev–Trinajstić information content (AvgIpc) is 2.80. The van der Waals surface area contributed by atoms with Crippen molar-refractivity contribution >= 4 is 29.2 Å². The summed E-state index contributed by atoms with van der Waals surface area (Å²) in [6, 6.07) is 8.42. The minimum Gasteiger partial charge on any atom is -0.352 e. The van der Waals surface area contributed by atoms with Gasteiger partial charge in [0.15, 0.2) is 11.6 Å². The number of amides is 1. The Morgan fingerprint density at radius 2 is 1.94 bits per heavy atom. The Hall–Kier alpha value is -3.66. The van der Waals surface area contributed by atoms with E-state index < -0.39 is 17.4 Å². The first-order chi connectivity index (χ1) is 16.2. The third-order valence-corrected chi connectivity index (χ3v) is 5.41. The van der Waals surface area contributed by atoms with Gasteiger partial charge in [-0.3, -0.25) is 4.79 Å². The molecule has 2 aromatic heterocycles. The van der Waals surface area contributed by atoms with E-state index in [1.54, 1.807) is 6.92 Å². The topological polar surface area (TPSA) is 104 Å². The third kappa shape index (κ3) is 5.28. The van der Waals surface area contributed by atoms with Crippen LogP contribution in [0.3, 0.4) is 0 Å². The van der Waals surface area contributed by atoms with E-state index in [1.807, 2.05) is 12.1 Å². The van der Waals surface area contributed by atoms with Crippen LogP contribution in [0.5, 0.6) is 0 Å². The Bertz CT molecular complexity index is 1210. The molecule has 0 bridgehead atoms. The molecule has 0 saturated heterocycles. The molecule has 8 nitrogen and oxygen atoms in total. The van der Waals surface area contributed by atoms with Gasteiger partial charge in [-0.15, -0.1) is 0 Å². The zero-order chi connectivity index (χ0) is 24.3. The molecule has 1 aliphatic heterocycles. The maximum absolute atomic E-state index is 14.5. The summed E-state index contributed by atoms with van der Waals surface area (Å²) in [4.78, 5) is 25.3. The number of carbonyl (C=O) groups excluding carboxylic acids is 1. The number of hydrogen-bond donors (Lipinski definition) is 4. The van der Waals surface area contributed by atoms with Gasteiger partial charge in [0.05, 0.1) is 5.69 Å². The molecule has 34 heavy (non-hydrogen) atoms. The van der Waals surface area contributed by atoms with Crippen LogP contribution in [0.1, 0.15) is 48.0 Å². The second kappa shape index (κ2) is 9.68. The van der Waals surface area contributed by atoms with Gasteiger partial charge in [-0.2, -0.15) is 4.98 Å². The molecule has 4 N–H and O–H groups in total. The van der Waals surface area contributed by atoms with E-state index >= 15 is 0 Å². The summed E-state index contributed by atoms with van der Waals surface area (Å²) in [6.07, 6.45) is 2.32. The minimum absolute atomic E-state index is 0.0447. The van der Waals surface area contributed by atoms with Gasteiger partial charge in [0.2, 0.25) is 5.95 Å². The molecular formula is C24H27F2N7O. The average molecular weight is 468 g/mol. The summed E-state index contributed by atoms with van der Waals surface area (Å²) in [5.41, 5.74) is 1.64. The van der Waals surface area contributed by atoms with Crippen LogP contribution in [0, 0.1) is 5.82 Å². The molecule has 1 aromatic carbocycles. The highest BCUT2D eigenvalue weighted by Gasteiger charge is 2.23. The van der Waals surface area contributed by atoms with E-state index in [0.29, 0.717) is 6.54 Å².